The molecule has 3 heteroatoms. The van der Waals surface area contributed by atoms with Gasteiger partial charge in [-0.25, -0.2) is 0 Å². The molecule has 16 heavy (non-hydrogen) atoms. The molecule has 0 aromatic heterocycles. The van der Waals surface area contributed by atoms with Gasteiger partial charge in [-0.05, 0) is 42.5 Å². The first kappa shape index (κ1) is 13.8. The van der Waals surface area contributed by atoms with Gasteiger partial charge in [0, 0.05) is 10.0 Å². The summed E-state index contributed by atoms with van der Waals surface area (Å²) in [4.78, 5) is 0. The van der Waals surface area contributed by atoms with Crippen molar-refractivity contribution in [3.8, 4) is 0 Å². The van der Waals surface area contributed by atoms with E-state index in [2.05, 4.69) is 20.8 Å². The second-order valence-corrected chi connectivity index (χ2v) is 6.54. The number of hydrogen-bond acceptors (Lipinski definition) is 1. The topological polar surface area (TPSA) is 20.2 Å². The van der Waals surface area contributed by atoms with Crippen LogP contribution in [0.25, 0.3) is 0 Å². The van der Waals surface area contributed by atoms with Crippen molar-refractivity contribution in [2.45, 2.75) is 39.7 Å². The number of aliphatic hydroxyl groups is 1. The van der Waals surface area contributed by atoms with Gasteiger partial charge in [0.2, 0.25) is 0 Å². The Hall–Kier alpha value is -0.240. The van der Waals surface area contributed by atoms with Crippen LogP contribution in [0.2, 0.25) is 10.0 Å². The van der Waals surface area contributed by atoms with Gasteiger partial charge in [0.1, 0.15) is 0 Å². The van der Waals surface area contributed by atoms with Crippen LogP contribution < -0.4 is 0 Å². The highest BCUT2D eigenvalue weighted by atomic mass is 35.5. The third kappa shape index (κ3) is 3.97. The van der Waals surface area contributed by atoms with Crippen LogP contribution in [0.3, 0.4) is 0 Å². The van der Waals surface area contributed by atoms with Crippen molar-refractivity contribution >= 4 is 23.2 Å². The fraction of sp³-hybridized carbons (Fsp3) is 0.538. The molecule has 0 amide bonds. The number of hydrogen-bond donors (Lipinski definition) is 1. The molecule has 0 saturated carbocycles. The predicted octanol–water partition coefficient (Wildman–Crippen LogP) is 4.64. The van der Waals surface area contributed by atoms with Crippen molar-refractivity contribution in [3.05, 3.63) is 33.8 Å². The number of benzene rings is 1. The summed E-state index contributed by atoms with van der Waals surface area (Å²) in [5, 5.41) is 11.6. The lowest BCUT2D eigenvalue weighted by Crippen LogP contribution is -2.27. The summed E-state index contributed by atoms with van der Waals surface area (Å²) < 4.78 is 0. The third-order valence-corrected chi connectivity index (χ3v) is 2.80. The van der Waals surface area contributed by atoms with E-state index in [1.165, 1.54) is 0 Å². The second kappa shape index (κ2) is 4.56. The molecule has 1 rings (SSSR count). The molecule has 1 aromatic carbocycles. The Bertz CT molecular complexity index is 358. The Morgan fingerprint density at radius 2 is 1.44 bits per heavy atom. The molecule has 1 atom stereocenters. The lowest BCUT2D eigenvalue weighted by atomic mass is 9.79. The summed E-state index contributed by atoms with van der Waals surface area (Å²) in [5.74, 6) is 0. The highest BCUT2D eigenvalue weighted by molar-refractivity contribution is 6.34. The van der Waals surface area contributed by atoms with E-state index in [1.54, 1.807) is 25.1 Å². The summed E-state index contributed by atoms with van der Waals surface area (Å²) in [5.41, 5.74) is -0.106. The Kier molecular flexibility index (Phi) is 3.94. The molecule has 0 fully saturated rings. The molecule has 0 bridgehead atoms. The van der Waals surface area contributed by atoms with Crippen LogP contribution in [-0.4, -0.2) is 5.11 Å². The molecule has 0 radical (unpaired) electrons. The Balaban J connectivity index is 3.06. The molecular weight excluding hydrogens is 243 g/mol. The lowest BCUT2D eigenvalue weighted by Gasteiger charge is -2.31. The van der Waals surface area contributed by atoms with Crippen molar-refractivity contribution in [3.63, 3.8) is 0 Å². The Morgan fingerprint density at radius 1 is 1.00 bits per heavy atom. The van der Waals surface area contributed by atoms with Crippen LogP contribution in [0, 0.1) is 5.41 Å². The van der Waals surface area contributed by atoms with E-state index < -0.39 is 5.60 Å². The van der Waals surface area contributed by atoms with Gasteiger partial charge in [0.25, 0.3) is 0 Å². The van der Waals surface area contributed by atoms with E-state index >= 15 is 0 Å². The molecule has 1 unspecified atom stereocenters. The van der Waals surface area contributed by atoms with Gasteiger partial charge in [0.15, 0.2) is 0 Å². The molecule has 0 heterocycles. The second-order valence-electron chi connectivity index (χ2n) is 5.67. The van der Waals surface area contributed by atoms with E-state index in [0.29, 0.717) is 16.5 Å². The van der Waals surface area contributed by atoms with Crippen molar-refractivity contribution in [1.82, 2.24) is 0 Å². The summed E-state index contributed by atoms with van der Waals surface area (Å²) >= 11 is 11.9. The number of rotatable bonds is 2. The first-order valence-electron chi connectivity index (χ1n) is 5.29. The molecule has 1 N–H and O–H groups in total. The average molecular weight is 261 g/mol. The minimum Gasteiger partial charge on any atom is -0.385 e. The predicted molar refractivity (Wildman–Crippen MR) is 70.1 cm³/mol. The smallest absolute Gasteiger partial charge is 0.0874 e. The fourth-order valence-electron chi connectivity index (χ4n) is 2.00. The van der Waals surface area contributed by atoms with Crippen molar-refractivity contribution < 1.29 is 5.11 Å². The minimum atomic E-state index is -0.910. The van der Waals surface area contributed by atoms with E-state index in [1.807, 2.05) is 0 Å². The minimum absolute atomic E-state index is 0.0400. The molecule has 0 aliphatic carbocycles. The molecule has 0 aliphatic rings. The molecule has 1 nitrogen and oxygen atoms in total. The summed E-state index contributed by atoms with van der Waals surface area (Å²) in [7, 11) is 0. The maximum atomic E-state index is 10.5. The van der Waals surface area contributed by atoms with Gasteiger partial charge >= 0.3 is 0 Å². The summed E-state index contributed by atoms with van der Waals surface area (Å²) in [6, 6.07) is 5.19. The van der Waals surface area contributed by atoms with Gasteiger partial charge in [0.05, 0.1) is 5.60 Å². The highest BCUT2D eigenvalue weighted by Gasteiger charge is 2.29. The third-order valence-electron chi connectivity index (χ3n) is 2.36. The summed E-state index contributed by atoms with van der Waals surface area (Å²) in [6.07, 6.45) is 0.649. The fourth-order valence-corrected chi connectivity index (χ4v) is 2.53. The van der Waals surface area contributed by atoms with Gasteiger partial charge in [-0.15, -0.1) is 0 Å². The van der Waals surface area contributed by atoms with E-state index in [4.69, 9.17) is 23.2 Å². The van der Waals surface area contributed by atoms with E-state index in [9.17, 15) is 5.11 Å². The summed E-state index contributed by atoms with van der Waals surface area (Å²) in [6.45, 7) is 8.06. The standard InChI is InChI=1S/C13H18Cl2O/c1-12(2,3)8-13(4,16)9-5-10(14)7-11(15)6-9/h5-7,16H,8H2,1-4H3. The molecule has 0 aliphatic heterocycles. The van der Waals surface area contributed by atoms with Crippen LogP contribution in [0.1, 0.15) is 39.7 Å². The lowest BCUT2D eigenvalue weighted by molar-refractivity contribution is 0.0151. The van der Waals surface area contributed by atoms with Crippen LogP contribution in [0.15, 0.2) is 18.2 Å². The Morgan fingerprint density at radius 3 is 1.81 bits per heavy atom. The maximum Gasteiger partial charge on any atom is 0.0874 e. The van der Waals surface area contributed by atoms with Crippen LogP contribution in [-0.2, 0) is 5.60 Å². The zero-order valence-corrected chi connectivity index (χ0v) is 11.7. The quantitative estimate of drug-likeness (QED) is 0.822. The maximum absolute atomic E-state index is 10.5. The van der Waals surface area contributed by atoms with Crippen molar-refractivity contribution in [1.29, 1.82) is 0 Å². The van der Waals surface area contributed by atoms with Crippen molar-refractivity contribution in [2.75, 3.05) is 0 Å². The molecule has 0 saturated heterocycles. The molecule has 90 valence electrons. The van der Waals surface area contributed by atoms with Crippen LogP contribution >= 0.6 is 23.2 Å². The van der Waals surface area contributed by atoms with Crippen LogP contribution in [0.4, 0.5) is 0 Å². The van der Waals surface area contributed by atoms with E-state index in [0.717, 1.165) is 5.56 Å². The van der Waals surface area contributed by atoms with Crippen LogP contribution in [0.5, 0.6) is 0 Å². The Labute approximate surface area is 107 Å². The van der Waals surface area contributed by atoms with Gasteiger partial charge in [-0.3, -0.25) is 0 Å². The number of halogens is 2. The van der Waals surface area contributed by atoms with Gasteiger partial charge < -0.3 is 5.11 Å². The molecule has 0 spiro atoms. The molecule has 1 aromatic rings. The van der Waals surface area contributed by atoms with Gasteiger partial charge in [-0.2, -0.15) is 0 Å². The zero-order chi connectivity index (χ0) is 12.6. The largest absolute Gasteiger partial charge is 0.385 e. The average Bonchev–Trinajstić information content (AvgIpc) is 1.96. The van der Waals surface area contributed by atoms with Crippen molar-refractivity contribution in [2.24, 2.45) is 5.41 Å². The monoisotopic (exact) mass is 260 g/mol. The highest BCUT2D eigenvalue weighted by Crippen LogP contribution is 2.36. The first-order chi connectivity index (χ1) is 7.10. The normalized spacial score (nSPS) is 15.9. The van der Waals surface area contributed by atoms with E-state index in [-0.39, 0.29) is 5.41 Å². The zero-order valence-electron chi connectivity index (χ0n) is 10.1. The molecular formula is C13H18Cl2O. The van der Waals surface area contributed by atoms with Gasteiger partial charge in [-0.1, -0.05) is 44.0 Å². The first-order valence-corrected chi connectivity index (χ1v) is 6.05. The SMILES string of the molecule is CC(C)(C)CC(C)(O)c1cc(Cl)cc(Cl)c1.